The molecule has 0 radical (unpaired) electrons. The van der Waals surface area contributed by atoms with Gasteiger partial charge in [-0.25, -0.2) is 19.9 Å². The number of benzene rings is 1. The van der Waals surface area contributed by atoms with Crippen LogP contribution in [0.2, 0.25) is 0 Å². The summed E-state index contributed by atoms with van der Waals surface area (Å²) in [4.78, 5) is 26.0. The fourth-order valence-electron chi connectivity index (χ4n) is 4.16. The quantitative estimate of drug-likeness (QED) is 0.500. The monoisotopic (exact) mass is 428 g/mol. The molecular formula is C24H28N8. The lowest BCUT2D eigenvalue weighted by molar-refractivity contribution is 0.119. The Morgan fingerprint density at radius 3 is 2.66 bits per heavy atom. The number of hydrogen-bond donors (Lipinski definition) is 2. The van der Waals surface area contributed by atoms with Crippen LogP contribution in [-0.2, 0) is 0 Å². The number of rotatable bonds is 5. The van der Waals surface area contributed by atoms with Crippen LogP contribution in [0.15, 0.2) is 48.9 Å². The third-order valence-corrected chi connectivity index (χ3v) is 6.18. The van der Waals surface area contributed by atoms with Crippen LogP contribution in [0.1, 0.15) is 24.2 Å². The SMILES string of the molecule is Cc1cc(-c2ccc3nc(Nc4cc(C(C)N5CCN(C)CC5)ccn4)[nH]c3c2)ncn1. The molecule has 1 atom stereocenters. The predicted octanol–water partition coefficient (Wildman–Crippen LogP) is 3.78. The van der Waals surface area contributed by atoms with Gasteiger partial charge in [0.05, 0.1) is 16.7 Å². The van der Waals surface area contributed by atoms with Crippen LogP contribution >= 0.6 is 0 Å². The summed E-state index contributed by atoms with van der Waals surface area (Å²) in [7, 11) is 2.18. The van der Waals surface area contributed by atoms with Gasteiger partial charge in [-0.05, 0) is 56.8 Å². The van der Waals surface area contributed by atoms with E-state index in [0.29, 0.717) is 12.0 Å². The molecule has 0 bridgehead atoms. The fraction of sp³-hybridized carbons (Fsp3) is 0.333. The zero-order chi connectivity index (χ0) is 22.1. The smallest absolute Gasteiger partial charge is 0.206 e. The minimum atomic E-state index is 0.349. The van der Waals surface area contributed by atoms with Crippen molar-refractivity contribution in [2.75, 3.05) is 38.5 Å². The zero-order valence-corrected chi connectivity index (χ0v) is 18.7. The third-order valence-electron chi connectivity index (χ3n) is 6.18. The van der Waals surface area contributed by atoms with E-state index in [2.05, 4.69) is 72.2 Å². The standard InChI is InChI=1S/C24H28N8/c1-16-12-21(27-15-26-16)19-4-5-20-22(13-19)29-24(28-20)30-23-14-18(6-7-25-23)17(2)32-10-8-31(3)9-11-32/h4-7,12-15,17H,8-11H2,1-3H3,(H2,25,28,29,30). The molecule has 0 aliphatic carbocycles. The Labute approximate surface area is 187 Å². The van der Waals surface area contributed by atoms with E-state index in [1.165, 1.54) is 5.56 Å². The Kier molecular flexibility index (Phi) is 5.55. The topological polar surface area (TPSA) is 85.9 Å². The van der Waals surface area contributed by atoms with Gasteiger partial charge in [-0.15, -0.1) is 0 Å². The van der Waals surface area contributed by atoms with Gasteiger partial charge in [0.1, 0.15) is 12.1 Å². The average Bonchev–Trinajstić information content (AvgIpc) is 3.20. The van der Waals surface area contributed by atoms with Crippen molar-refractivity contribution in [3.8, 4) is 11.3 Å². The van der Waals surface area contributed by atoms with E-state index in [9.17, 15) is 0 Å². The zero-order valence-electron chi connectivity index (χ0n) is 18.7. The summed E-state index contributed by atoms with van der Waals surface area (Å²) in [6.07, 6.45) is 3.46. The Morgan fingerprint density at radius 2 is 1.84 bits per heavy atom. The number of nitrogens with zero attached hydrogens (tertiary/aromatic N) is 6. The number of pyridine rings is 1. The largest absolute Gasteiger partial charge is 0.324 e. The molecular weight excluding hydrogens is 400 g/mol. The molecule has 8 nitrogen and oxygen atoms in total. The number of H-pyrrole nitrogens is 1. The number of anilines is 2. The summed E-state index contributed by atoms with van der Waals surface area (Å²) in [5, 5.41) is 3.34. The average molecular weight is 429 g/mol. The molecule has 4 aromatic rings. The molecule has 0 amide bonds. The number of fused-ring (bicyclic) bond motifs is 1. The van der Waals surface area contributed by atoms with Crippen LogP contribution in [0.5, 0.6) is 0 Å². The summed E-state index contributed by atoms with van der Waals surface area (Å²) in [6.45, 7) is 8.61. The first-order chi connectivity index (χ1) is 15.5. The van der Waals surface area contributed by atoms with Crippen molar-refractivity contribution < 1.29 is 0 Å². The van der Waals surface area contributed by atoms with Gasteiger partial charge in [0.25, 0.3) is 0 Å². The summed E-state index contributed by atoms with van der Waals surface area (Å²) in [6, 6.07) is 12.6. The highest BCUT2D eigenvalue weighted by Gasteiger charge is 2.20. The van der Waals surface area contributed by atoms with Crippen molar-refractivity contribution in [3.63, 3.8) is 0 Å². The Balaban J connectivity index is 1.35. The number of aryl methyl sites for hydroxylation is 1. The number of nitrogens with one attached hydrogen (secondary N) is 2. The molecule has 1 fully saturated rings. The van der Waals surface area contributed by atoms with E-state index in [1.54, 1.807) is 6.33 Å². The number of aromatic nitrogens is 5. The van der Waals surface area contributed by atoms with Crippen LogP contribution in [-0.4, -0.2) is 67.9 Å². The molecule has 1 aromatic carbocycles. The van der Waals surface area contributed by atoms with Crippen LogP contribution in [0.4, 0.5) is 11.8 Å². The highest BCUT2D eigenvalue weighted by Crippen LogP contribution is 2.26. The lowest BCUT2D eigenvalue weighted by atomic mass is 10.1. The third kappa shape index (κ3) is 4.32. The van der Waals surface area contributed by atoms with E-state index in [0.717, 1.165) is 60.0 Å². The first-order valence-electron chi connectivity index (χ1n) is 11.0. The van der Waals surface area contributed by atoms with Crippen molar-refractivity contribution in [2.24, 2.45) is 0 Å². The van der Waals surface area contributed by atoms with Gasteiger partial charge < -0.3 is 15.2 Å². The molecule has 3 aromatic heterocycles. The molecule has 8 heteroatoms. The predicted molar refractivity (Wildman–Crippen MR) is 127 cm³/mol. The van der Waals surface area contributed by atoms with Crippen molar-refractivity contribution in [3.05, 3.63) is 60.2 Å². The second kappa shape index (κ2) is 8.64. The maximum Gasteiger partial charge on any atom is 0.206 e. The van der Waals surface area contributed by atoms with Crippen molar-refractivity contribution in [2.45, 2.75) is 19.9 Å². The molecule has 1 aliphatic heterocycles. The molecule has 1 aliphatic rings. The molecule has 4 heterocycles. The molecule has 164 valence electrons. The number of hydrogen-bond acceptors (Lipinski definition) is 7. The molecule has 0 saturated carbocycles. The second-order valence-corrected chi connectivity index (χ2v) is 8.48. The highest BCUT2D eigenvalue weighted by molar-refractivity contribution is 5.83. The van der Waals surface area contributed by atoms with Crippen LogP contribution in [0.3, 0.4) is 0 Å². The second-order valence-electron chi connectivity index (χ2n) is 8.48. The summed E-state index contributed by atoms with van der Waals surface area (Å²) in [5.41, 5.74) is 5.96. The first-order valence-corrected chi connectivity index (χ1v) is 11.0. The van der Waals surface area contributed by atoms with Crippen LogP contribution in [0.25, 0.3) is 22.3 Å². The molecule has 2 N–H and O–H groups in total. The maximum atomic E-state index is 4.68. The van der Waals surface area contributed by atoms with Gasteiger partial charge in [-0.2, -0.15) is 0 Å². The molecule has 32 heavy (non-hydrogen) atoms. The van der Waals surface area contributed by atoms with Crippen molar-refractivity contribution in [1.29, 1.82) is 0 Å². The van der Waals surface area contributed by atoms with Crippen molar-refractivity contribution in [1.82, 2.24) is 34.7 Å². The van der Waals surface area contributed by atoms with Gasteiger partial charge in [0.15, 0.2) is 0 Å². The Hall–Kier alpha value is -3.36. The maximum absolute atomic E-state index is 4.68. The lowest BCUT2D eigenvalue weighted by Crippen LogP contribution is -2.45. The van der Waals surface area contributed by atoms with Gasteiger partial charge in [-0.1, -0.05) is 6.07 Å². The molecule has 0 spiro atoms. The van der Waals surface area contributed by atoms with Gasteiger partial charge in [0, 0.05) is 49.7 Å². The summed E-state index contributed by atoms with van der Waals surface area (Å²) >= 11 is 0. The van der Waals surface area contributed by atoms with Crippen molar-refractivity contribution >= 4 is 22.8 Å². The molecule has 5 rings (SSSR count). The summed E-state index contributed by atoms with van der Waals surface area (Å²) in [5.74, 6) is 1.46. The van der Waals surface area contributed by atoms with Crippen LogP contribution < -0.4 is 5.32 Å². The van der Waals surface area contributed by atoms with E-state index in [-0.39, 0.29) is 0 Å². The van der Waals surface area contributed by atoms with E-state index < -0.39 is 0 Å². The molecule has 1 unspecified atom stereocenters. The van der Waals surface area contributed by atoms with Gasteiger partial charge >= 0.3 is 0 Å². The Morgan fingerprint density at radius 1 is 1.00 bits per heavy atom. The van der Waals surface area contributed by atoms with E-state index in [4.69, 9.17) is 0 Å². The van der Waals surface area contributed by atoms with Gasteiger partial charge in [-0.3, -0.25) is 4.90 Å². The fourth-order valence-corrected chi connectivity index (χ4v) is 4.16. The minimum Gasteiger partial charge on any atom is -0.324 e. The highest BCUT2D eigenvalue weighted by atomic mass is 15.3. The van der Waals surface area contributed by atoms with Gasteiger partial charge in [0.2, 0.25) is 5.95 Å². The molecule has 1 saturated heterocycles. The number of likely N-dealkylation sites (N-methyl/N-ethyl adjacent to an activating group) is 1. The van der Waals surface area contributed by atoms with E-state index in [1.807, 2.05) is 31.3 Å². The van der Waals surface area contributed by atoms with Crippen LogP contribution in [0, 0.1) is 6.92 Å². The van der Waals surface area contributed by atoms with E-state index >= 15 is 0 Å². The minimum absolute atomic E-state index is 0.349. The number of piperazine rings is 1. The number of imidazole rings is 1. The Bertz CT molecular complexity index is 1230. The normalized spacial score (nSPS) is 16.3. The lowest BCUT2D eigenvalue weighted by Gasteiger charge is -2.36. The first kappa shape index (κ1) is 20.5. The summed E-state index contributed by atoms with van der Waals surface area (Å²) < 4.78 is 0. The number of aromatic amines is 1.